The number of rotatable bonds is 5. The molecule has 1 saturated heterocycles. The van der Waals surface area contributed by atoms with Crippen LogP contribution < -0.4 is 5.32 Å². The van der Waals surface area contributed by atoms with E-state index in [9.17, 15) is 5.11 Å². The highest BCUT2D eigenvalue weighted by Crippen LogP contribution is 2.19. The zero-order valence-corrected chi connectivity index (χ0v) is 9.58. The maximum absolute atomic E-state index is 9.31. The number of hydrogen-bond acceptors (Lipinski definition) is 4. The van der Waals surface area contributed by atoms with E-state index in [-0.39, 0.29) is 12.1 Å². The summed E-state index contributed by atoms with van der Waals surface area (Å²) in [5.74, 6) is 0. The van der Waals surface area contributed by atoms with Gasteiger partial charge in [-0.15, -0.1) is 0 Å². The number of aliphatic hydroxyl groups excluding tert-OH is 1. The van der Waals surface area contributed by atoms with Gasteiger partial charge in [0, 0.05) is 26.2 Å². The highest BCUT2D eigenvalue weighted by molar-refractivity contribution is 4.95. The summed E-state index contributed by atoms with van der Waals surface area (Å²) in [5, 5.41) is 12.6. The van der Waals surface area contributed by atoms with Gasteiger partial charge in [0.25, 0.3) is 0 Å². The van der Waals surface area contributed by atoms with Crippen LogP contribution in [0, 0.1) is 0 Å². The van der Waals surface area contributed by atoms with Crippen molar-refractivity contribution in [1.29, 1.82) is 0 Å². The molecule has 0 aliphatic carbocycles. The summed E-state index contributed by atoms with van der Waals surface area (Å²) in [6, 6.07) is 0. The van der Waals surface area contributed by atoms with Gasteiger partial charge in [-0.1, -0.05) is 0 Å². The third kappa shape index (κ3) is 2.92. The average Bonchev–Trinajstić information content (AvgIpc) is 2.59. The molecule has 0 radical (unpaired) electrons. The quantitative estimate of drug-likeness (QED) is 0.611. The molecule has 0 saturated carbocycles. The molecule has 0 aromatic heterocycles. The topological polar surface area (TPSA) is 38.7 Å². The maximum Gasteiger partial charge on any atom is 0.0626 e. The minimum Gasteiger partial charge on any atom is -0.394 e. The highest BCUT2D eigenvalue weighted by atomic mass is 16.3. The van der Waals surface area contributed by atoms with Crippen molar-refractivity contribution in [2.45, 2.75) is 12.0 Å². The lowest BCUT2D eigenvalue weighted by atomic mass is 10.0. The Morgan fingerprint density at radius 3 is 2.64 bits per heavy atom. The fourth-order valence-electron chi connectivity index (χ4n) is 1.90. The first-order valence-electron chi connectivity index (χ1n) is 5.29. The van der Waals surface area contributed by atoms with Crippen molar-refractivity contribution < 1.29 is 5.11 Å². The van der Waals surface area contributed by atoms with Crippen LogP contribution in [-0.4, -0.2) is 74.4 Å². The summed E-state index contributed by atoms with van der Waals surface area (Å²) >= 11 is 0. The smallest absolute Gasteiger partial charge is 0.0626 e. The van der Waals surface area contributed by atoms with E-state index in [0.29, 0.717) is 0 Å². The maximum atomic E-state index is 9.31. The Morgan fingerprint density at radius 1 is 1.50 bits per heavy atom. The second-order valence-electron chi connectivity index (χ2n) is 4.52. The molecule has 0 bridgehead atoms. The lowest BCUT2D eigenvalue weighted by Gasteiger charge is -2.27. The van der Waals surface area contributed by atoms with Crippen molar-refractivity contribution in [3.8, 4) is 0 Å². The fraction of sp³-hybridized carbons (Fsp3) is 1.00. The van der Waals surface area contributed by atoms with E-state index in [2.05, 4.69) is 29.2 Å². The van der Waals surface area contributed by atoms with Gasteiger partial charge in [-0.3, -0.25) is 0 Å². The predicted molar refractivity (Wildman–Crippen MR) is 58.5 cm³/mol. The SMILES string of the molecule is CNC1(CO)CCN(CCN(C)C)C1. The van der Waals surface area contributed by atoms with Gasteiger partial charge in [-0.05, 0) is 27.6 Å². The van der Waals surface area contributed by atoms with Crippen LogP contribution in [0.15, 0.2) is 0 Å². The van der Waals surface area contributed by atoms with Gasteiger partial charge in [0.1, 0.15) is 0 Å². The summed E-state index contributed by atoms with van der Waals surface area (Å²) in [7, 11) is 6.12. The van der Waals surface area contributed by atoms with Crippen molar-refractivity contribution in [3.05, 3.63) is 0 Å². The molecular weight excluding hydrogens is 178 g/mol. The van der Waals surface area contributed by atoms with Crippen LogP contribution >= 0.6 is 0 Å². The molecule has 14 heavy (non-hydrogen) atoms. The van der Waals surface area contributed by atoms with Gasteiger partial charge in [-0.2, -0.15) is 0 Å². The first kappa shape index (κ1) is 11.9. The molecule has 84 valence electrons. The van der Waals surface area contributed by atoms with E-state index < -0.39 is 0 Å². The Labute approximate surface area is 86.9 Å². The van der Waals surface area contributed by atoms with Gasteiger partial charge < -0.3 is 20.2 Å². The average molecular weight is 201 g/mol. The molecule has 4 nitrogen and oxygen atoms in total. The Morgan fingerprint density at radius 2 is 2.21 bits per heavy atom. The summed E-state index contributed by atoms with van der Waals surface area (Å²) in [6.45, 7) is 4.48. The van der Waals surface area contributed by atoms with Gasteiger partial charge in [0.2, 0.25) is 0 Å². The van der Waals surface area contributed by atoms with E-state index in [1.54, 1.807) is 0 Å². The molecule has 1 aliphatic heterocycles. The Hall–Kier alpha value is -0.160. The second-order valence-corrected chi connectivity index (χ2v) is 4.52. The first-order chi connectivity index (χ1) is 6.62. The van der Waals surface area contributed by atoms with E-state index in [0.717, 1.165) is 32.6 Å². The minimum atomic E-state index is -0.0493. The molecule has 1 fully saturated rings. The molecule has 1 heterocycles. The highest BCUT2D eigenvalue weighted by Gasteiger charge is 2.35. The number of hydrogen-bond donors (Lipinski definition) is 2. The van der Waals surface area contributed by atoms with Crippen LogP contribution in [0.5, 0.6) is 0 Å². The van der Waals surface area contributed by atoms with E-state index in [1.807, 2.05) is 7.05 Å². The number of likely N-dealkylation sites (tertiary alicyclic amines) is 1. The van der Waals surface area contributed by atoms with Crippen LogP contribution in [0.4, 0.5) is 0 Å². The van der Waals surface area contributed by atoms with Crippen molar-refractivity contribution in [3.63, 3.8) is 0 Å². The second kappa shape index (κ2) is 5.07. The molecule has 0 amide bonds. The summed E-state index contributed by atoms with van der Waals surface area (Å²) in [6.07, 6.45) is 1.05. The van der Waals surface area contributed by atoms with Gasteiger partial charge in [-0.25, -0.2) is 0 Å². The molecule has 0 aromatic rings. The zero-order valence-electron chi connectivity index (χ0n) is 9.58. The van der Waals surface area contributed by atoms with E-state index in [4.69, 9.17) is 0 Å². The van der Waals surface area contributed by atoms with Gasteiger partial charge in [0.15, 0.2) is 0 Å². The molecule has 0 aromatic carbocycles. The van der Waals surface area contributed by atoms with E-state index in [1.165, 1.54) is 0 Å². The van der Waals surface area contributed by atoms with Crippen LogP contribution in [-0.2, 0) is 0 Å². The van der Waals surface area contributed by atoms with Crippen molar-refractivity contribution >= 4 is 0 Å². The summed E-state index contributed by atoms with van der Waals surface area (Å²) < 4.78 is 0. The number of likely N-dealkylation sites (N-methyl/N-ethyl adjacent to an activating group) is 2. The number of nitrogens with zero attached hydrogens (tertiary/aromatic N) is 2. The third-order valence-corrected chi connectivity index (χ3v) is 3.13. The fourth-order valence-corrected chi connectivity index (χ4v) is 1.90. The van der Waals surface area contributed by atoms with Crippen molar-refractivity contribution in [2.75, 3.05) is 53.9 Å². The van der Waals surface area contributed by atoms with Crippen LogP contribution in [0.25, 0.3) is 0 Å². The van der Waals surface area contributed by atoms with Crippen LogP contribution in [0.1, 0.15) is 6.42 Å². The lowest BCUT2D eigenvalue weighted by molar-refractivity contribution is 0.165. The lowest BCUT2D eigenvalue weighted by Crippen LogP contribution is -2.49. The molecule has 0 spiro atoms. The predicted octanol–water partition coefficient (Wildman–Crippen LogP) is -0.796. The molecule has 4 heteroatoms. The molecule has 2 N–H and O–H groups in total. The summed E-state index contributed by atoms with van der Waals surface area (Å²) in [5.41, 5.74) is -0.0493. The molecular formula is C10H23N3O. The largest absolute Gasteiger partial charge is 0.394 e. The molecule has 1 unspecified atom stereocenters. The molecule has 1 rings (SSSR count). The minimum absolute atomic E-state index is 0.0493. The number of aliphatic hydroxyl groups is 1. The Balaban J connectivity index is 2.32. The van der Waals surface area contributed by atoms with Gasteiger partial charge >= 0.3 is 0 Å². The van der Waals surface area contributed by atoms with Gasteiger partial charge in [0.05, 0.1) is 12.1 Å². The zero-order chi connectivity index (χ0) is 10.6. The number of nitrogens with one attached hydrogen (secondary N) is 1. The first-order valence-corrected chi connectivity index (χ1v) is 5.29. The Bertz CT molecular complexity index is 169. The Kier molecular flexibility index (Phi) is 4.31. The van der Waals surface area contributed by atoms with Crippen molar-refractivity contribution in [2.24, 2.45) is 0 Å². The van der Waals surface area contributed by atoms with Crippen molar-refractivity contribution in [1.82, 2.24) is 15.1 Å². The summed E-state index contributed by atoms with van der Waals surface area (Å²) in [4.78, 5) is 4.60. The van der Waals surface area contributed by atoms with Crippen LogP contribution in [0.3, 0.4) is 0 Å². The van der Waals surface area contributed by atoms with Crippen LogP contribution in [0.2, 0.25) is 0 Å². The molecule has 1 aliphatic rings. The monoisotopic (exact) mass is 201 g/mol. The van der Waals surface area contributed by atoms with E-state index >= 15 is 0 Å². The molecule has 1 atom stereocenters. The normalized spacial score (nSPS) is 28.9. The third-order valence-electron chi connectivity index (χ3n) is 3.13. The standard InChI is InChI=1S/C10H23N3O/c1-11-10(9-14)4-5-13(8-10)7-6-12(2)3/h11,14H,4-9H2,1-3H3.